The maximum atomic E-state index is 13.9. The molecule has 0 radical (unpaired) electrons. The zero-order valence-electron chi connectivity index (χ0n) is 19.4. The van der Waals surface area contributed by atoms with Gasteiger partial charge in [-0.3, -0.25) is 0 Å². The Balaban J connectivity index is 1.70. The molecule has 2 aliphatic rings. The van der Waals surface area contributed by atoms with E-state index in [4.69, 9.17) is 0 Å². The minimum atomic E-state index is -5.14. The SMILES string of the molecule is CC=CCCC1CCC(C2CCC(c3ccc(OC)c(C(F)(F)F)c3C(F)(F)F)CC2)CC1. The molecular formula is C26H34F6O. The Kier molecular flexibility index (Phi) is 8.44. The van der Waals surface area contributed by atoms with Gasteiger partial charge in [-0.2, -0.15) is 26.3 Å². The highest BCUT2D eigenvalue weighted by Crippen LogP contribution is 2.51. The summed E-state index contributed by atoms with van der Waals surface area (Å²) in [6, 6.07) is 2.23. The molecule has 186 valence electrons. The summed E-state index contributed by atoms with van der Waals surface area (Å²) < 4.78 is 87.1. The Hall–Kier alpha value is -1.66. The summed E-state index contributed by atoms with van der Waals surface area (Å²) in [6.07, 6.45) is 3.63. The molecule has 0 bridgehead atoms. The van der Waals surface area contributed by atoms with Crippen LogP contribution in [-0.4, -0.2) is 7.11 Å². The van der Waals surface area contributed by atoms with Crippen LogP contribution in [0.15, 0.2) is 24.3 Å². The van der Waals surface area contributed by atoms with Gasteiger partial charge < -0.3 is 4.74 Å². The molecule has 0 atom stereocenters. The van der Waals surface area contributed by atoms with Crippen molar-refractivity contribution >= 4 is 0 Å². The number of hydrogen-bond acceptors (Lipinski definition) is 1. The van der Waals surface area contributed by atoms with Crippen LogP contribution < -0.4 is 4.74 Å². The van der Waals surface area contributed by atoms with Crippen molar-refractivity contribution in [2.24, 2.45) is 17.8 Å². The van der Waals surface area contributed by atoms with Crippen molar-refractivity contribution in [2.45, 2.75) is 89.4 Å². The molecule has 0 spiro atoms. The third kappa shape index (κ3) is 6.27. The zero-order chi connectivity index (χ0) is 24.2. The Bertz CT molecular complexity index is 794. The summed E-state index contributed by atoms with van der Waals surface area (Å²) in [5, 5.41) is 0. The van der Waals surface area contributed by atoms with Crippen LogP contribution in [0.25, 0.3) is 0 Å². The summed E-state index contributed by atoms with van der Waals surface area (Å²) in [6.45, 7) is 2.03. The van der Waals surface area contributed by atoms with Crippen molar-refractivity contribution < 1.29 is 31.1 Å². The number of methoxy groups -OCH3 is 1. The molecule has 2 saturated carbocycles. The monoisotopic (exact) mass is 476 g/mol. The lowest BCUT2D eigenvalue weighted by atomic mass is 9.67. The molecule has 0 heterocycles. The molecule has 0 aromatic heterocycles. The third-order valence-corrected chi connectivity index (χ3v) is 7.73. The largest absolute Gasteiger partial charge is 0.496 e. The first-order valence-electron chi connectivity index (χ1n) is 12.0. The molecule has 2 aliphatic carbocycles. The molecular weight excluding hydrogens is 442 g/mol. The smallest absolute Gasteiger partial charge is 0.420 e. The molecule has 1 nitrogen and oxygen atoms in total. The summed E-state index contributed by atoms with van der Waals surface area (Å²) in [7, 11) is 0.963. The first-order chi connectivity index (χ1) is 15.6. The highest BCUT2D eigenvalue weighted by molar-refractivity contribution is 5.50. The van der Waals surface area contributed by atoms with Gasteiger partial charge in [-0.15, -0.1) is 0 Å². The van der Waals surface area contributed by atoms with Gasteiger partial charge in [0, 0.05) is 0 Å². The van der Waals surface area contributed by atoms with Gasteiger partial charge in [0.25, 0.3) is 0 Å². The fourth-order valence-electron chi connectivity index (χ4n) is 6.05. The highest BCUT2D eigenvalue weighted by atomic mass is 19.4. The molecule has 1 aromatic carbocycles. The predicted octanol–water partition coefficient (Wildman–Crippen LogP) is 9.17. The van der Waals surface area contributed by atoms with Crippen molar-refractivity contribution in [3.63, 3.8) is 0 Å². The van der Waals surface area contributed by atoms with Crippen LogP contribution in [0.2, 0.25) is 0 Å². The molecule has 0 aliphatic heterocycles. The maximum Gasteiger partial charge on any atom is 0.420 e. The van der Waals surface area contributed by atoms with Crippen molar-refractivity contribution in [1.82, 2.24) is 0 Å². The van der Waals surface area contributed by atoms with E-state index in [-0.39, 0.29) is 5.56 Å². The fourth-order valence-corrected chi connectivity index (χ4v) is 6.05. The molecule has 3 rings (SSSR count). The van der Waals surface area contributed by atoms with E-state index in [9.17, 15) is 26.3 Å². The molecule has 0 unspecified atom stereocenters. The highest BCUT2D eigenvalue weighted by Gasteiger charge is 2.48. The number of alkyl halides is 6. The van der Waals surface area contributed by atoms with E-state index in [0.29, 0.717) is 24.7 Å². The average Bonchev–Trinajstić information content (AvgIpc) is 2.77. The van der Waals surface area contributed by atoms with Gasteiger partial charge in [0.1, 0.15) is 11.3 Å². The molecule has 0 N–H and O–H groups in total. The lowest BCUT2D eigenvalue weighted by Crippen LogP contribution is -2.27. The second-order valence-corrected chi connectivity index (χ2v) is 9.64. The maximum absolute atomic E-state index is 13.9. The normalized spacial score (nSPS) is 27.2. The molecule has 1 aromatic rings. The first-order valence-corrected chi connectivity index (χ1v) is 12.0. The summed E-state index contributed by atoms with van der Waals surface area (Å²) in [5.74, 6) is 0.517. The summed E-state index contributed by atoms with van der Waals surface area (Å²) in [4.78, 5) is 0. The molecule has 2 fully saturated rings. The van der Waals surface area contributed by atoms with Gasteiger partial charge in [-0.05, 0) is 93.6 Å². The van der Waals surface area contributed by atoms with Gasteiger partial charge >= 0.3 is 12.4 Å². The lowest BCUT2D eigenvalue weighted by Gasteiger charge is -2.38. The third-order valence-electron chi connectivity index (χ3n) is 7.73. The lowest BCUT2D eigenvalue weighted by molar-refractivity contribution is -0.163. The van der Waals surface area contributed by atoms with Crippen molar-refractivity contribution in [3.05, 3.63) is 41.0 Å². The van der Waals surface area contributed by atoms with E-state index in [0.717, 1.165) is 51.2 Å². The van der Waals surface area contributed by atoms with Crippen molar-refractivity contribution in [3.8, 4) is 5.75 Å². The molecule has 33 heavy (non-hydrogen) atoms. The van der Waals surface area contributed by atoms with Gasteiger partial charge in [0.2, 0.25) is 0 Å². The van der Waals surface area contributed by atoms with Crippen LogP contribution in [0.4, 0.5) is 26.3 Å². The Labute approximate surface area is 192 Å². The van der Waals surface area contributed by atoms with Gasteiger partial charge in [0.05, 0.1) is 12.7 Å². The van der Waals surface area contributed by atoms with Gasteiger partial charge in [0.15, 0.2) is 0 Å². The molecule has 0 amide bonds. The van der Waals surface area contributed by atoms with E-state index in [1.807, 2.05) is 6.92 Å². The fraction of sp³-hybridized carbons (Fsp3) is 0.692. The number of allylic oxidation sites excluding steroid dienone is 2. The van der Waals surface area contributed by atoms with E-state index in [1.165, 1.54) is 25.3 Å². The number of halogens is 6. The van der Waals surface area contributed by atoms with E-state index in [1.54, 1.807) is 0 Å². The Morgan fingerprint density at radius 2 is 1.36 bits per heavy atom. The topological polar surface area (TPSA) is 9.23 Å². The van der Waals surface area contributed by atoms with Crippen molar-refractivity contribution in [2.75, 3.05) is 7.11 Å². The Morgan fingerprint density at radius 1 is 0.818 bits per heavy atom. The van der Waals surface area contributed by atoms with Gasteiger partial charge in [-0.25, -0.2) is 0 Å². The van der Waals surface area contributed by atoms with Crippen LogP contribution in [0.5, 0.6) is 5.75 Å². The van der Waals surface area contributed by atoms with Crippen LogP contribution in [0.3, 0.4) is 0 Å². The average molecular weight is 477 g/mol. The van der Waals surface area contributed by atoms with E-state index in [2.05, 4.69) is 16.9 Å². The van der Waals surface area contributed by atoms with Crippen LogP contribution in [0, 0.1) is 17.8 Å². The Morgan fingerprint density at radius 3 is 1.85 bits per heavy atom. The van der Waals surface area contributed by atoms with Crippen LogP contribution in [0.1, 0.15) is 93.7 Å². The van der Waals surface area contributed by atoms with Crippen LogP contribution in [-0.2, 0) is 12.4 Å². The number of hydrogen-bond donors (Lipinski definition) is 0. The zero-order valence-corrected chi connectivity index (χ0v) is 19.4. The van der Waals surface area contributed by atoms with Crippen LogP contribution >= 0.6 is 0 Å². The predicted molar refractivity (Wildman–Crippen MR) is 117 cm³/mol. The first kappa shape index (κ1) is 26.0. The van der Waals surface area contributed by atoms with Crippen molar-refractivity contribution in [1.29, 1.82) is 0 Å². The second kappa shape index (κ2) is 10.7. The quantitative estimate of drug-likeness (QED) is 0.294. The summed E-state index contributed by atoms with van der Waals surface area (Å²) >= 11 is 0. The minimum Gasteiger partial charge on any atom is -0.496 e. The molecule has 0 saturated heterocycles. The number of benzene rings is 1. The number of rotatable bonds is 6. The summed E-state index contributed by atoms with van der Waals surface area (Å²) in [5.41, 5.74) is -3.51. The van der Waals surface area contributed by atoms with E-state index >= 15 is 0 Å². The number of ether oxygens (including phenoxy) is 1. The molecule has 7 heteroatoms. The van der Waals surface area contributed by atoms with E-state index < -0.39 is 35.1 Å². The standard InChI is InChI=1S/C26H34F6O/c1-3-4-5-6-17-7-9-18(10-8-17)19-11-13-20(14-12-19)21-15-16-22(33-2)24(26(30,31)32)23(21)25(27,28)29/h3-4,15-20H,5-14H2,1-2H3. The van der Waals surface area contributed by atoms with Gasteiger partial charge in [-0.1, -0.05) is 31.1 Å². The minimum absolute atomic E-state index is 0.234. The second-order valence-electron chi connectivity index (χ2n) is 9.64.